The van der Waals surface area contributed by atoms with Crippen molar-refractivity contribution < 1.29 is 28.9 Å². The van der Waals surface area contributed by atoms with Crippen LogP contribution in [0.25, 0.3) is 0 Å². The Balaban J connectivity index is 1.62. The number of rotatable bonds is 6. The molecule has 0 unspecified atom stereocenters. The molecule has 0 aliphatic carbocycles. The fourth-order valence-electron chi connectivity index (χ4n) is 2.59. The molecule has 0 atom stereocenters. The number of benzene rings is 2. The van der Waals surface area contributed by atoms with Crippen LogP contribution < -0.4 is 19.5 Å². The van der Waals surface area contributed by atoms with Crippen molar-refractivity contribution in [2.24, 2.45) is 0 Å². The molecular weight excluding hydrogens is 338 g/mol. The van der Waals surface area contributed by atoms with Crippen molar-refractivity contribution in [2.75, 3.05) is 25.1 Å². The Kier molecular flexibility index (Phi) is 5.26. The van der Waals surface area contributed by atoms with Gasteiger partial charge in [0.2, 0.25) is 5.91 Å². The van der Waals surface area contributed by atoms with Gasteiger partial charge >= 0.3 is 5.97 Å². The molecule has 0 spiro atoms. The van der Waals surface area contributed by atoms with Crippen LogP contribution >= 0.6 is 0 Å². The number of fused-ring (bicyclic) bond motifs is 1. The van der Waals surface area contributed by atoms with Gasteiger partial charge < -0.3 is 24.6 Å². The van der Waals surface area contributed by atoms with Crippen molar-refractivity contribution in [3.63, 3.8) is 0 Å². The zero-order valence-electron chi connectivity index (χ0n) is 14.3. The standard InChI is InChI=1S/C19H19NO6/c1-12-8-14(26-11-19(22)23)3-4-15(12)20-18(21)10-13-2-5-16-17(9-13)25-7-6-24-16/h2-5,8-9H,6-7,10-11H2,1H3,(H,20,21)(H,22,23). The van der Waals surface area contributed by atoms with Gasteiger partial charge in [-0.2, -0.15) is 0 Å². The zero-order valence-corrected chi connectivity index (χ0v) is 14.3. The van der Waals surface area contributed by atoms with Crippen LogP contribution in [0.4, 0.5) is 5.69 Å². The first-order valence-corrected chi connectivity index (χ1v) is 8.15. The van der Waals surface area contributed by atoms with Crippen molar-refractivity contribution in [3.8, 4) is 17.2 Å². The summed E-state index contributed by atoms with van der Waals surface area (Å²) in [6, 6.07) is 10.4. The first-order valence-electron chi connectivity index (χ1n) is 8.15. The summed E-state index contributed by atoms with van der Waals surface area (Å²) in [6.07, 6.45) is 0.202. The van der Waals surface area contributed by atoms with E-state index < -0.39 is 12.6 Å². The Morgan fingerprint density at radius 3 is 2.62 bits per heavy atom. The number of amides is 1. The van der Waals surface area contributed by atoms with Crippen LogP contribution in [0.15, 0.2) is 36.4 Å². The Morgan fingerprint density at radius 2 is 1.88 bits per heavy atom. The molecule has 2 aromatic carbocycles. The van der Waals surface area contributed by atoms with E-state index in [9.17, 15) is 9.59 Å². The highest BCUT2D eigenvalue weighted by atomic mass is 16.6. The molecular formula is C19H19NO6. The Hall–Kier alpha value is -3.22. The van der Waals surface area contributed by atoms with E-state index in [2.05, 4.69) is 5.32 Å². The summed E-state index contributed by atoms with van der Waals surface area (Å²) in [5.74, 6) is 0.573. The van der Waals surface area contributed by atoms with Crippen molar-refractivity contribution in [2.45, 2.75) is 13.3 Å². The molecule has 2 N–H and O–H groups in total. The molecule has 1 amide bonds. The summed E-state index contributed by atoms with van der Waals surface area (Å²) in [5.41, 5.74) is 2.25. The lowest BCUT2D eigenvalue weighted by Crippen LogP contribution is -2.17. The predicted molar refractivity (Wildman–Crippen MR) is 94.1 cm³/mol. The van der Waals surface area contributed by atoms with Crippen LogP contribution in [0.3, 0.4) is 0 Å². The summed E-state index contributed by atoms with van der Waals surface area (Å²) < 4.78 is 16.1. The Labute approximate surface area is 150 Å². The quantitative estimate of drug-likeness (QED) is 0.825. The molecule has 1 heterocycles. The Bertz CT molecular complexity index is 833. The maximum Gasteiger partial charge on any atom is 0.341 e. The molecule has 26 heavy (non-hydrogen) atoms. The van der Waals surface area contributed by atoms with E-state index in [-0.39, 0.29) is 12.3 Å². The molecule has 7 nitrogen and oxygen atoms in total. The van der Waals surface area contributed by atoms with Crippen LogP contribution in [-0.4, -0.2) is 36.8 Å². The predicted octanol–water partition coefficient (Wildman–Crippen LogP) is 2.41. The first kappa shape index (κ1) is 17.6. The summed E-state index contributed by atoms with van der Waals surface area (Å²) in [4.78, 5) is 22.8. The van der Waals surface area contributed by atoms with E-state index in [0.717, 1.165) is 11.1 Å². The monoisotopic (exact) mass is 357 g/mol. The van der Waals surface area contributed by atoms with Crippen molar-refractivity contribution in [1.29, 1.82) is 0 Å². The van der Waals surface area contributed by atoms with Gasteiger partial charge in [0.05, 0.1) is 6.42 Å². The SMILES string of the molecule is Cc1cc(OCC(=O)O)ccc1NC(=O)Cc1ccc2c(c1)OCCO2. The molecule has 0 saturated heterocycles. The maximum absolute atomic E-state index is 12.3. The number of aliphatic carboxylic acids is 1. The van der Waals surface area contributed by atoms with E-state index in [4.69, 9.17) is 19.3 Å². The minimum absolute atomic E-state index is 0.163. The zero-order chi connectivity index (χ0) is 18.5. The number of hydrogen-bond donors (Lipinski definition) is 2. The van der Waals surface area contributed by atoms with E-state index >= 15 is 0 Å². The molecule has 136 valence electrons. The second-order valence-electron chi connectivity index (χ2n) is 5.86. The number of carbonyl (C=O) groups excluding carboxylic acids is 1. The second-order valence-corrected chi connectivity index (χ2v) is 5.86. The minimum atomic E-state index is -1.04. The van der Waals surface area contributed by atoms with Crippen LogP contribution in [0.2, 0.25) is 0 Å². The third-order valence-corrected chi connectivity index (χ3v) is 3.81. The number of anilines is 1. The molecule has 1 aliphatic rings. The van der Waals surface area contributed by atoms with E-state index in [0.29, 0.717) is 36.1 Å². The fourth-order valence-corrected chi connectivity index (χ4v) is 2.59. The minimum Gasteiger partial charge on any atom is -0.486 e. The molecule has 3 rings (SSSR count). The third kappa shape index (κ3) is 4.44. The van der Waals surface area contributed by atoms with Crippen molar-refractivity contribution in [1.82, 2.24) is 0 Å². The largest absolute Gasteiger partial charge is 0.486 e. The van der Waals surface area contributed by atoms with Gasteiger partial charge in [0.15, 0.2) is 18.1 Å². The lowest BCUT2D eigenvalue weighted by atomic mass is 10.1. The molecule has 0 fully saturated rings. The normalized spacial score (nSPS) is 12.3. The van der Waals surface area contributed by atoms with E-state index in [1.54, 1.807) is 24.3 Å². The van der Waals surface area contributed by atoms with Crippen molar-refractivity contribution >= 4 is 17.6 Å². The van der Waals surface area contributed by atoms with E-state index in [1.807, 2.05) is 19.1 Å². The summed E-state index contributed by atoms with van der Waals surface area (Å²) >= 11 is 0. The van der Waals surface area contributed by atoms with Gasteiger partial charge in [-0.1, -0.05) is 6.07 Å². The second kappa shape index (κ2) is 7.77. The third-order valence-electron chi connectivity index (χ3n) is 3.81. The average molecular weight is 357 g/mol. The van der Waals surface area contributed by atoms with Gasteiger partial charge in [0.25, 0.3) is 0 Å². The average Bonchev–Trinajstić information content (AvgIpc) is 2.62. The molecule has 7 heteroatoms. The van der Waals surface area contributed by atoms with Crippen LogP contribution in [0.1, 0.15) is 11.1 Å². The molecule has 0 aromatic heterocycles. The van der Waals surface area contributed by atoms with Crippen LogP contribution in [-0.2, 0) is 16.0 Å². The topological polar surface area (TPSA) is 94.1 Å². The van der Waals surface area contributed by atoms with Crippen LogP contribution in [0, 0.1) is 6.92 Å². The molecule has 0 radical (unpaired) electrons. The van der Waals surface area contributed by atoms with Gasteiger partial charge in [-0.3, -0.25) is 4.79 Å². The number of ether oxygens (including phenoxy) is 3. The van der Waals surface area contributed by atoms with Gasteiger partial charge in [-0.05, 0) is 48.4 Å². The van der Waals surface area contributed by atoms with E-state index in [1.165, 1.54) is 0 Å². The molecule has 0 bridgehead atoms. The number of hydrogen-bond acceptors (Lipinski definition) is 5. The lowest BCUT2D eigenvalue weighted by molar-refractivity contribution is -0.139. The fraction of sp³-hybridized carbons (Fsp3) is 0.263. The summed E-state index contributed by atoms with van der Waals surface area (Å²) in [7, 11) is 0. The van der Waals surface area contributed by atoms with Gasteiger partial charge in [-0.15, -0.1) is 0 Å². The smallest absolute Gasteiger partial charge is 0.341 e. The highest BCUT2D eigenvalue weighted by Crippen LogP contribution is 2.31. The Morgan fingerprint density at radius 1 is 1.12 bits per heavy atom. The molecule has 2 aromatic rings. The number of nitrogens with one attached hydrogen (secondary N) is 1. The molecule has 0 saturated carbocycles. The molecule has 1 aliphatic heterocycles. The number of carboxylic acids is 1. The van der Waals surface area contributed by atoms with Gasteiger partial charge in [0.1, 0.15) is 19.0 Å². The number of aryl methyl sites for hydroxylation is 1. The first-order chi connectivity index (χ1) is 12.5. The maximum atomic E-state index is 12.3. The van der Waals surface area contributed by atoms with Gasteiger partial charge in [-0.25, -0.2) is 4.79 Å². The summed E-state index contributed by atoms with van der Waals surface area (Å²) in [5, 5.41) is 11.5. The lowest BCUT2D eigenvalue weighted by Gasteiger charge is -2.18. The highest BCUT2D eigenvalue weighted by molar-refractivity contribution is 5.93. The number of carboxylic acid groups (broad SMARTS) is 1. The van der Waals surface area contributed by atoms with Crippen LogP contribution in [0.5, 0.6) is 17.2 Å². The number of carbonyl (C=O) groups is 2. The summed E-state index contributed by atoms with van der Waals surface area (Å²) in [6.45, 7) is 2.43. The van der Waals surface area contributed by atoms with Gasteiger partial charge in [0, 0.05) is 5.69 Å². The van der Waals surface area contributed by atoms with Crippen molar-refractivity contribution in [3.05, 3.63) is 47.5 Å². The highest BCUT2D eigenvalue weighted by Gasteiger charge is 2.14.